The predicted molar refractivity (Wildman–Crippen MR) is 135 cm³/mol. The molecule has 1 saturated carbocycles. The first-order chi connectivity index (χ1) is 16.6. The highest BCUT2D eigenvalue weighted by Gasteiger charge is 2.33. The molecule has 182 valence electrons. The number of hydrogen-bond acceptors (Lipinski definition) is 5. The van der Waals surface area contributed by atoms with Crippen LogP contribution in [0.25, 0.3) is 5.69 Å². The average Bonchev–Trinajstić information content (AvgIpc) is 3.66. The minimum absolute atomic E-state index is 0.308. The summed E-state index contributed by atoms with van der Waals surface area (Å²) in [7, 11) is 1.66. The van der Waals surface area contributed by atoms with E-state index in [-0.39, 0.29) is 6.10 Å². The van der Waals surface area contributed by atoms with Gasteiger partial charge in [-0.1, -0.05) is 51.0 Å². The van der Waals surface area contributed by atoms with E-state index in [2.05, 4.69) is 18.7 Å². The molecule has 0 saturated heterocycles. The minimum Gasteiger partial charge on any atom is -0.497 e. The quantitative estimate of drug-likeness (QED) is 0.350. The molecule has 0 amide bonds. The van der Waals surface area contributed by atoms with Crippen LogP contribution in [0.2, 0.25) is 0 Å². The van der Waals surface area contributed by atoms with Gasteiger partial charge in [-0.3, -0.25) is 4.90 Å². The number of ether oxygens (including phenoxy) is 2. The van der Waals surface area contributed by atoms with Crippen molar-refractivity contribution >= 4 is 0 Å². The van der Waals surface area contributed by atoms with E-state index in [4.69, 9.17) is 14.6 Å². The number of benzene rings is 2. The second-order valence-corrected chi connectivity index (χ2v) is 9.07. The molecule has 1 aliphatic carbocycles. The molecule has 0 unspecified atom stereocenters. The Bertz CT molecular complexity index is 1050. The molecule has 0 aliphatic heterocycles. The van der Waals surface area contributed by atoms with Gasteiger partial charge in [-0.15, -0.1) is 0 Å². The van der Waals surface area contributed by atoms with Crippen molar-refractivity contribution in [1.82, 2.24) is 14.7 Å². The number of aryl methyl sites for hydroxylation is 1. The van der Waals surface area contributed by atoms with E-state index in [9.17, 15) is 5.11 Å². The molecular weight excluding hydrogens is 426 g/mol. The van der Waals surface area contributed by atoms with Crippen molar-refractivity contribution in [3.8, 4) is 23.1 Å². The van der Waals surface area contributed by atoms with Gasteiger partial charge in [-0.05, 0) is 49.9 Å². The predicted octanol–water partition coefficient (Wildman–Crippen LogP) is 5.75. The summed E-state index contributed by atoms with van der Waals surface area (Å²) in [5.41, 5.74) is 3.07. The van der Waals surface area contributed by atoms with E-state index in [1.807, 2.05) is 59.3 Å². The molecule has 2 aromatic carbocycles. The van der Waals surface area contributed by atoms with Crippen molar-refractivity contribution in [1.29, 1.82) is 0 Å². The zero-order chi connectivity index (χ0) is 23.9. The summed E-state index contributed by atoms with van der Waals surface area (Å²) >= 11 is 0. The van der Waals surface area contributed by atoms with Crippen LogP contribution in [0.1, 0.15) is 57.2 Å². The molecule has 3 aromatic rings. The third kappa shape index (κ3) is 5.99. The van der Waals surface area contributed by atoms with Crippen LogP contribution in [-0.2, 0) is 13.0 Å². The van der Waals surface area contributed by atoms with Gasteiger partial charge in [0.15, 0.2) is 0 Å². The van der Waals surface area contributed by atoms with Crippen molar-refractivity contribution < 1.29 is 14.6 Å². The summed E-state index contributed by atoms with van der Waals surface area (Å²) in [4.78, 5) is 2.42. The van der Waals surface area contributed by atoms with Crippen LogP contribution < -0.4 is 9.47 Å². The van der Waals surface area contributed by atoms with Crippen LogP contribution in [0.15, 0.2) is 54.6 Å². The molecule has 1 fully saturated rings. The van der Waals surface area contributed by atoms with E-state index >= 15 is 0 Å². The maximum atomic E-state index is 10.7. The number of nitrogens with zero attached hydrogens (tertiary/aromatic N) is 3. The van der Waals surface area contributed by atoms with Crippen LogP contribution in [-0.4, -0.2) is 45.6 Å². The summed E-state index contributed by atoms with van der Waals surface area (Å²) in [6.07, 6.45) is 5.86. The highest BCUT2D eigenvalue weighted by atomic mass is 16.5. The van der Waals surface area contributed by atoms with Crippen LogP contribution in [0, 0.1) is 0 Å². The molecule has 0 spiro atoms. The van der Waals surface area contributed by atoms with Gasteiger partial charge in [0.05, 0.1) is 30.2 Å². The third-order valence-electron chi connectivity index (χ3n) is 6.37. The van der Waals surface area contributed by atoms with Crippen LogP contribution in [0.3, 0.4) is 0 Å². The second kappa shape index (κ2) is 11.5. The highest BCUT2D eigenvalue weighted by Crippen LogP contribution is 2.36. The average molecular weight is 464 g/mol. The molecule has 1 heterocycles. The monoisotopic (exact) mass is 463 g/mol. The fraction of sp³-hybridized carbons (Fsp3) is 0.464. The van der Waals surface area contributed by atoms with Crippen LogP contribution in [0.4, 0.5) is 0 Å². The number of rotatable bonds is 13. The lowest BCUT2D eigenvalue weighted by molar-refractivity contribution is 0.0949. The minimum atomic E-state index is -0.308. The molecule has 1 N–H and O–H groups in total. The van der Waals surface area contributed by atoms with Crippen molar-refractivity contribution in [2.24, 2.45) is 0 Å². The van der Waals surface area contributed by atoms with Crippen molar-refractivity contribution in [3.63, 3.8) is 0 Å². The zero-order valence-electron chi connectivity index (χ0n) is 20.6. The lowest BCUT2D eigenvalue weighted by atomic mass is 10.1. The first-order valence-electron chi connectivity index (χ1n) is 12.5. The molecule has 1 aliphatic rings. The normalized spacial score (nSPS) is 14.4. The Morgan fingerprint density at radius 1 is 1.09 bits per heavy atom. The molecule has 1 atom stereocenters. The third-order valence-corrected chi connectivity index (χ3v) is 6.37. The second-order valence-electron chi connectivity index (χ2n) is 9.07. The lowest BCUT2D eigenvalue weighted by Gasteiger charge is -2.25. The number of aromatic nitrogens is 2. The van der Waals surface area contributed by atoms with Gasteiger partial charge in [0.25, 0.3) is 0 Å². The van der Waals surface area contributed by atoms with Crippen molar-refractivity contribution in [2.45, 2.75) is 71.1 Å². The zero-order valence-corrected chi connectivity index (χ0v) is 20.6. The van der Waals surface area contributed by atoms with Gasteiger partial charge in [-0.2, -0.15) is 5.10 Å². The SMILES string of the molecule is CCCC[C@@H](O)CN(Cc1c(CC)nn(-c2ccccc2)c1Oc1cccc(OC)c1)C1CC1. The topological polar surface area (TPSA) is 59.8 Å². The molecule has 6 nitrogen and oxygen atoms in total. The van der Waals surface area contributed by atoms with Crippen LogP contribution in [0.5, 0.6) is 17.4 Å². The fourth-order valence-electron chi connectivity index (χ4n) is 4.33. The number of methoxy groups -OCH3 is 1. The number of aliphatic hydroxyl groups is 1. The summed E-state index contributed by atoms with van der Waals surface area (Å²) in [5.74, 6) is 2.19. The maximum Gasteiger partial charge on any atom is 0.227 e. The number of para-hydroxylation sites is 1. The molecule has 1 aromatic heterocycles. The Morgan fingerprint density at radius 3 is 2.53 bits per heavy atom. The van der Waals surface area contributed by atoms with E-state index < -0.39 is 0 Å². The van der Waals surface area contributed by atoms with Crippen molar-refractivity contribution in [3.05, 3.63) is 65.9 Å². The Hall–Kier alpha value is -2.83. The standard InChI is InChI=1S/C28H37N3O3/c1-4-6-13-23(32)19-30(21-16-17-21)20-26-27(5-2)29-31(22-11-8-7-9-12-22)28(26)34-25-15-10-14-24(18-25)33-3/h7-12,14-15,18,21,23,32H,4-6,13,16-17,19-20H2,1-3H3/t23-/m1/s1. The summed E-state index contributed by atoms with van der Waals surface area (Å²) in [5, 5.41) is 15.6. The first kappa shape index (κ1) is 24.3. The fourth-order valence-corrected chi connectivity index (χ4v) is 4.33. The van der Waals surface area contributed by atoms with Gasteiger partial charge in [0.1, 0.15) is 11.5 Å². The van der Waals surface area contributed by atoms with Gasteiger partial charge < -0.3 is 14.6 Å². The molecular formula is C28H37N3O3. The maximum absolute atomic E-state index is 10.7. The van der Waals surface area contributed by atoms with E-state index in [1.54, 1.807) is 7.11 Å². The van der Waals surface area contributed by atoms with Crippen molar-refractivity contribution in [2.75, 3.05) is 13.7 Å². The Balaban J connectivity index is 1.70. The molecule has 0 radical (unpaired) electrons. The number of hydrogen-bond donors (Lipinski definition) is 1. The molecule has 4 rings (SSSR count). The molecule has 6 heteroatoms. The number of aliphatic hydroxyl groups excluding tert-OH is 1. The summed E-state index contributed by atoms with van der Waals surface area (Å²) in [6.45, 7) is 5.69. The van der Waals surface area contributed by atoms with Crippen LogP contribution >= 0.6 is 0 Å². The van der Waals surface area contributed by atoms with Gasteiger partial charge in [-0.25, -0.2) is 4.68 Å². The Morgan fingerprint density at radius 2 is 1.85 bits per heavy atom. The number of unbranched alkanes of at least 4 members (excludes halogenated alkanes) is 1. The smallest absolute Gasteiger partial charge is 0.227 e. The highest BCUT2D eigenvalue weighted by molar-refractivity contribution is 5.44. The lowest BCUT2D eigenvalue weighted by Crippen LogP contribution is -2.34. The summed E-state index contributed by atoms with van der Waals surface area (Å²) < 4.78 is 13.8. The van der Waals surface area contributed by atoms with E-state index in [0.29, 0.717) is 24.9 Å². The summed E-state index contributed by atoms with van der Waals surface area (Å²) in [6, 6.07) is 18.3. The largest absolute Gasteiger partial charge is 0.497 e. The Kier molecular flexibility index (Phi) is 8.25. The molecule has 0 bridgehead atoms. The van der Waals surface area contributed by atoms with Gasteiger partial charge >= 0.3 is 0 Å². The molecule has 34 heavy (non-hydrogen) atoms. The Labute approximate surface area is 203 Å². The van der Waals surface area contributed by atoms with Gasteiger partial charge in [0, 0.05) is 25.2 Å². The first-order valence-corrected chi connectivity index (χ1v) is 12.5. The van der Waals surface area contributed by atoms with E-state index in [0.717, 1.165) is 54.3 Å². The van der Waals surface area contributed by atoms with E-state index in [1.165, 1.54) is 12.8 Å². The van der Waals surface area contributed by atoms with Gasteiger partial charge in [0.2, 0.25) is 5.88 Å².